The molecule has 0 fully saturated rings. The molecule has 6 heteroatoms. The smallest absolute Gasteiger partial charge is 0.347 e. The number of ketones is 1. The molecule has 0 unspecified atom stereocenters. The Labute approximate surface area is 197 Å². The first-order valence-electron chi connectivity index (χ1n) is 10.8. The van der Waals surface area contributed by atoms with Crippen molar-refractivity contribution in [1.82, 2.24) is 0 Å². The minimum absolute atomic E-state index is 0.177. The zero-order valence-corrected chi connectivity index (χ0v) is 19.2. The fourth-order valence-electron chi connectivity index (χ4n) is 3.59. The van der Waals surface area contributed by atoms with Crippen LogP contribution in [0, 0.1) is 6.92 Å². The molecule has 1 heterocycles. The van der Waals surface area contributed by atoms with Gasteiger partial charge in [0.2, 0.25) is 0 Å². The zero-order valence-electron chi connectivity index (χ0n) is 19.2. The summed E-state index contributed by atoms with van der Waals surface area (Å²) in [4.78, 5) is 25.7. The SMILES string of the molecule is CCOc1ccc2oc(C)c(C(=O)Oc3ccccc3C=CC(=O)c3ccc(OC)cc3)c2c1. The van der Waals surface area contributed by atoms with Crippen LogP contribution in [0.2, 0.25) is 0 Å². The van der Waals surface area contributed by atoms with Crippen LogP contribution in [0.4, 0.5) is 0 Å². The molecule has 0 saturated carbocycles. The molecule has 34 heavy (non-hydrogen) atoms. The van der Waals surface area contributed by atoms with Gasteiger partial charge in [0, 0.05) is 16.5 Å². The summed E-state index contributed by atoms with van der Waals surface area (Å²) < 4.78 is 22.2. The minimum atomic E-state index is -0.549. The van der Waals surface area contributed by atoms with Crippen molar-refractivity contribution >= 4 is 28.8 Å². The third-order valence-corrected chi connectivity index (χ3v) is 5.26. The van der Waals surface area contributed by atoms with Gasteiger partial charge in [-0.05, 0) is 74.5 Å². The van der Waals surface area contributed by atoms with Crippen molar-refractivity contribution in [3.05, 3.63) is 95.3 Å². The number of allylic oxidation sites excluding steroid dienone is 1. The van der Waals surface area contributed by atoms with E-state index in [2.05, 4.69) is 0 Å². The molecule has 0 bridgehead atoms. The standard InChI is InChI=1S/C28H24O6/c1-4-32-22-14-16-26-23(17-22)27(18(2)33-26)28(30)34-25-8-6-5-7-20(25)11-15-24(29)19-9-12-21(31-3)13-10-19/h5-17H,4H2,1-3H3. The van der Waals surface area contributed by atoms with Crippen molar-refractivity contribution in [2.24, 2.45) is 0 Å². The lowest BCUT2D eigenvalue weighted by atomic mass is 10.1. The van der Waals surface area contributed by atoms with Crippen LogP contribution in [-0.2, 0) is 0 Å². The van der Waals surface area contributed by atoms with E-state index in [9.17, 15) is 9.59 Å². The molecule has 0 N–H and O–H groups in total. The van der Waals surface area contributed by atoms with Crippen molar-refractivity contribution in [2.45, 2.75) is 13.8 Å². The monoisotopic (exact) mass is 456 g/mol. The van der Waals surface area contributed by atoms with Crippen LogP contribution in [0.1, 0.15) is 39.0 Å². The number of fused-ring (bicyclic) bond motifs is 1. The van der Waals surface area contributed by atoms with E-state index in [-0.39, 0.29) is 5.78 Å². The van der Waals surface area contributed by atoms with Gasteiger partial charge in [0.15, 0.2) is 5.78 Å². The van der Waals surface area contributed by atoms with Gasteiger partial charge >= 0.3 is 5.97 Å². The lowest BCUT2D eigenvalue weighted by molar-refractivity contribution is 0.0734. The van der Waals surface area contributed by atoms with Gasteiger partial charge < -0.3 is 18.6 Å². The molecule has 6 nitrogen and oxygen atoms in total. The normalized spacial score (nSPS) is 11.0. The first-order chi connectivity index (χ1) is 16.5. The van der Waals surface area contributed by atoms with Gasteiger partial charge in [-0.2, -0.15) is 0 Å². The Balaban J connectivity index is 1.58. The van der Waals surface area contributed by atoms with E-state index >= 15 is 0 Å². The maximum Gasteiger partial charge on any atom is 0.347 e. The first-order valence-corrected chi connectivity index (χ1v) is 10.8. The predicted molar refractivity (Wildman–Crippen MR) is 130 cm³/mol. The van der Waals surface area contributed by atoms with Crippen LogP contribution in [-0.4, -0.2) is 25.5 Å². The quantitative estimate of drug-likeness (QED) is 0.135. The number of hydrogen-bond acceptors (Lipinski definition) is 6. The number of esters is 1. The maximum atomic E-state index is 13.1. The molecule has 0 radical (unpaired) electrons. The number of furan rings is 1. The lowest BCUT2D eigenvalue weighted by Crippen LogP contribution is -2.10. The number of ether oxygens (including phenoxy) is 3. The molecule has 0 aliphatic heterocycles. The molecule has 4 aromatic rings. The zero-order chi connectivity index (χ0) is 24.1. The Morgan fingerprint density at radius 2 is 1.71 bits per heavy atom. The van der Waals surface area contributed by atoms with Crippen molar-refractivity contribution < 1.29 is 28.2 Å². The van der Waals surface area contributed by atoms with Crippen LogP contribution >= 0.6 is 0 Å². The second-order valence-corrected chi connectivity index (χ2v) is 7.48. The Hall–Kier alpha value is -4.32. The van der Waals surface area contributed by atoms with Crippen LogP contribution < -0.4 is 14.2 Å². The van der Waals surface area contributed by atoms with Gasteiger partial charge in [-0.15, -0.1) is 0 Å². The molecular formula is C28H24O6. The van der Waals surface area contributed by atoms with E-state index in [4.69, 9.17) is 18.6 Å². The van der Waals surface area contributed by atoms with Crippen molar-refractivity contribution in [3.63, 3.8) is 0 Å². The third kappa shape index (κ3) is 4.86. The van der Waals surface area contributed by atoms with E-state index in [0.717, 1.165) is 0 Å². The Bertz CT molecular complexity index is 1360. The van der Waals surface area contributed by atoms with Crippen LogP contribution in [0.5, 0.6) is 17.2 Å². The molecule has 0 spiro atoms. The summed E-state index contributed by atoms with van der Waals surface area (Å²) in [5.41, 5.74) is 2.03. The predicted octanol–water partition coefficient (Wildman–Crippen LogP) is 6.26. The highest BCUT2D eigenvalue weighted by Gasteiger charge is 2.21. The van der Waals surface area contributed by atoms with Crippen LogP contribution in [0.15, 0.2) is 77.2 Å². The number of aryl methyl sites for hydroxylation is 1. The lowest BCUT2D eigenvalue weighted by Gasteiger charge is -2.08. The number of carbonyl (C=O) groups is 2. The van der Waals surface area contributed by atoms with Gasteiger partial charge in [0.05, 0.1) is 13.7 Å². The first kappa shape index (κ1) is 22.9. The highest BCUT2D eigenvalue weighted by molar-refractivity contribution is 6.07. The molecule has 0 aliphatic rings. The van der Waals surface area contributed by atoms with E-state index in [1.807, 2.05) is 13.0 Å². The van der Waals surface area contributed by atoms with Crippen molar-refractivity contribution in [2.75, 3.05) is 13.7 Å². The topological polar surface area (TPSA) is 75.0 Å². The minimum Gasteiger partial charge on any atom is -0.497 e. The maximum absolute atomic E-state index is 13.1. The number of rotatable bonds is 8. The van der Waals surface area contributed by atoms with E-state index in [1.54, 1.807) is 80.8 Å². The summed E-state index contributed by atoms with van der Waals surface area (Å²) in [6.45, 7) is 4.12. The van der Waals surface area contributed by atoms with Gasteiger partial charge in [0.1, 0.15) is 34.2 Å². The largest absolute Gasteiger partial charge is 0.497 e. The second kappa shape index (κ2) is 10.1. The molecule has 4 rings (SSSR count). The highest BCUT2D eigenvalue weighted by Crippen LogP contribution is 2.31. The fraction of sp³-hybridized carbons (Fsp3) is 0.143. The Morgan fingerprint density at radius 1 is 0.971 bits per heavy atom. The molecular weight excluding hydrogens is 432 g/mol. The van der Waals surface area contributed by atoms with Gasteiger partial charge in [-0.3, -0.25) is 4.79 Å². The van der Waals surface area contributed by atoms with Crippen LogP contribution in [0.25, 0.3) is 17.0 Å². The third-order valence-electron chi connectivity index (χ3n) is 5.26. The van der Waals surface area contributed by atoms with Crippen molar-refractivity contribution in [1.29, 1.82) is 0 Å². The Morgan fingerprint density at radius 3 is 2.44 bits per heavy atom. The average Bonchev–Trinajstić information content (AvgIpc) is 3.18. The molecule has 172 valence electrons. The molecule has 0 atom stereocenters. The number of carbonyl (C=O) groups excluding carboxylic acids is 2. The number of methoxy groups -OCH3 is 1. The summed E-state index contributed by atoms with van der Waals surface area (Å²) >= 11 is 0. The Kier molecular flexibility index (Phi) is 6.78. The summed E-state index contributed by atoms with van der Waals surface area (Å²) in [5, 5.41) is 0.621. The summed E-state index contributed by atoms with van der Waals surface area (Å²) in [6, 6.07) is 19.2. The molecule has 0 aliphatic carbocycles. The van der Waals surface area contributed by atoms with Gasteiger partial charge in [-0.1, -0.05) is 18.2 Å². The van der Waals surface area contributed by atoms with Crippen LogP contribution in [0.3, 0.4) is 0 Å². The molecule has 3 aromatic carbocycles. The average molecular weight is 456 g/mol. The summed E-state index contributed by atoms with van der Waals surface area (Å²) in [5.74, 6) is 1.38. The van der Waals surface area contributed by atoms with Gasteiger partial charge in [-0.25, -0.2) is 4.79 Å². The fourth-order valence-corrected chi connectivity index (χ4v) is 3.59. The molecule has 0 amide bonds. The number of para-hydroxylation sites is 1. The summed E-state index contributed by atoms with van der Waals surface area (Å²) in [6.07, 6.45) is 3.07. The highest BCUT2D eigenvalue weighted by atomic mass is 16.5. The number of hydrogen-bond donors (Lipinski definition) is 0. The number of benzene rings is 3. The van der Waals surface area contributed by atoms with E-state index < -0.39 is 5.97 Å². The van der Waals surface area contributed by atoms with E-state index in [1.165, 1.54) is 6.08 Å². The molecule has 0 saturated heterocycles. The summed E-state index contributed by atoms with van der Waals surface area (Å²) in [7, 11) is 1.57. The van der Waals surface area contributed by atoms with Crippen molar-refractivity contribution in [3.8, 4) is 17.2 Å². The van der Waals surface area contributed by atoms with Gasteiger partial charge in [0.25, 0.3) is 0 Å². The second-order valence-electron chi connectivity index (χ2n) is 7.48. The van der Waals surface area contributed by atoms with E-state index in [0.29, 0.717) is 57.3 Å². The molecule has 1 aromatic heterocycles.